The number of ether oxygens (including phenoxy) is 1. The minimum atomic E-state index is 0.194. The molecule has 0 aliphatic heterocycles. The molecule has 86 valence electrons. The van der Waals surface area contributed by atoms with Crippen molar-refractivity contribution in [2.45, 2.75) is 38.8 Å². The molecule has 1 heterocycles. The molecule has 1 aromatic rings. The van der Waals surface area contributed by atoms with Crippen LogP contribution in [0.5, 0.6) is 0 Å². The van der Waals surface area contributed by atoms with Crippen molar-refractivity contribution >= 4 is 11.3 Å². The van der Waals surface area contributed by atoms with Crippen LogP contribution < -0.4 is 11.3 Å². The monoisotopic (exact) mass is 228 g/mol. The smallest absolute Gasteiger partial charge is 0.0741 e. The molecule has 2 atom stereocenters. The topological polar surface area (TPSA) is 47.3 Å². The fourth-order valence-corrected chi connectivity index (χ4v) is 2.37. The SMILES string of the molecule is CCOC(CC)C(Cc1ccsc1)NN. The van der Waals surface area contributed by atoms with Crippen molar-refractivity contribution in [3.8, 4) is 0 Å². The number of thiophene rings is 1. The van der Waals surface area contributed by atoms with Gasteiger partial charge in [-0.2, -0.15) is 11.3 Å². The second-order valence-electron chi connectivity index (χ2n) is 3.51. The van der Waals surface area contributed by atoms with Gasteiger partial charge in [0, 0.05) is 6.61 Å². The summed E-state index contributed by atoms with van der Waals surface area (Å²) in [6.07, 6.45) is 2.10. The lowest BCUT2D eigenvalue weighted by atomic mass is 10.0. The van der Waals surface area contributed by atoms with Gasteiger partial charge in [0.2, 0.25) is 0 Å². The minimum Gasteiger partial charge on any atom is -0.377 e. The fourth-order valence-electron chi connectivity index (χ4n) is 1.69. The summed E-state index contributed by atoms with van der Waals surface area (Å²) in [5, 5.41) is 4.24. The van der Waals surface area contributed by atoms with Gasteiger partial charge in [0.25, 0.3) is 0 Å². The molecule has 4 heteroatoms. The predicted octanol–water partition coefficient (Wildman–Crippen LogP) is 1.94. The lowest BCUT2D eigenvalue weighted by Gasteiger charge is -2.25. The summed E-state index contributed by atoms with van der Waals surface area (Å²) in [4.78, 5) is 0. The van der Waals surface area contributed by atoms with Crippen molar-refractivity contribution in [2.75, 3.05) is 6.61 Å². The highest BCUT2D eigenvalue weighted by atomic mass is 32.1. The number of nitrogens with one attached hydrogen (secondary N) is 1. The third-order valence-corrected chi connectivity index (χ3v) is 3.21. The van der Waals surface area contributed by atoms with Gasteiger partial charge in [0.15, 0.2) is 0 Å². The number of hydrogen-bond donors (Lipinski definition) is 2. The van der Waals surface area contributed by atoms with Crippen LogP contribution in [0.25, 0.3) is 0 Å². The van der Waals surface area contributed by atoms with Gasteiger partial charge in [0.05, 0.1) is 12.1 Å². The van der Waals surface area contributed by atoms with Crippen molar-refractivity contribution in [3.05, 3.63) is 22.4 Å². The summed E-state index contributed by atoms with van der Waals surface area (Å²) >= 11 is 1.72. The van der Waals surface area contributed by atoms with E-state index < -0.39 is 0 Å². The average molecular weight is 228 g/mol. The van der Waals surface area contributed by atoms with E-state index in [2.05, 4.69) is 29.2 Å². The van der Waals surface area contributed by atoms with Crippen molar-refractivity contribution in [1.29, 1.82) is 0 Å². The first-order valence-corrected chi connectivity index (χ1v) is 6.34. The Balaban J connectivity index is 2.53. The van der Waals surface area contributed by atoms with Gasteiger partial charge in [0.1, 0.15) is 0 Å². The molecular weight excluding hydrogens is 208 g/mol. The lowest BCUT2D eigenvalue weighted by molar-refractivity contribution is 0.0319. The summed E-state index contributed by atoms with van der Waals surface area (Å²) in [6, 6.07) is 2.33. The second-order valence-corrected chi connectivity index (χ2v) is 4.29. The van der Waals surface area contributed by atoms with Crippen LogP contribution in [0.1, 0.15) is 25.8 Å². The van der Waals surface area contributed by atoms with Gasteiger partial charge in [-0.05, 0) is 42.2 Å². The van der Waals surface area contributed by atoms with E-state index in [0.717, 1.165) is 19.4 Å². The molecule has 0 fully saturated rings. The first kappa shape index (κ1) is 12.6. The lowest BCUT2D eigenvalue weighted by Crippen LogP contribution is -2.46. The first-order valence-electron chi connectivity index (χ1n) is 5.40. The third kappa shape index (κ3) is 3.91. The van der Waals surface area contributed by atoms with Gasteiger partial charge >= 0.3 is 0 Å². The Morgan fingerprint density at radius 2 is 2.33 bits per heavy atom. The van der Waals surface area contributed by atoms with E-state index in [-0.39, 0.29) is 12.1 Å². The molecule has 1 rings (SSSR count). The fraction of sp³-hybridized carbons (Fsp3) is 0.636. The quantitative estimate of drug-likeness (QED) is 0.554. The number of rotatable bonds is 7. The Labute approximate surface area is 95.6 Å². The third-order valence-electron chi connectivity index (χ3n) is 2.48. The predicted molar refractivity (Wildman–Crippen MR) is 64.8 cm³/mol. The van der Waals surface area contributed by atoms with Gasteiger partial charge < -0.3 is 4.74 Å². The highest BCUT2D eigenvalue weighted by molar-refractivity contribution is 7.07. The Morgan fingerprint density at radius 1 is 1.53 bits per heavy atom. The summed E-state index contributed by atoms with van der Waals surface area (Å²) in [5.74, 6) is 5.57. The minimum absolute atomic E-state index is 0.194. The van der Waals surface area contributed by atoms with E-state index in [1.165, 1.54) is 5.56 Å². The zero-order chi connectivity index (χ0) is 11.1. The highest BCUT2D eigenvalue weighted by Gasteiger charge is 2.19. The van der Waals surface area contributed by atoms with Gasteiger partial charge in [-0.25, -0.2) is 0 Å². The molecule has 0 amide bonds. The zero-order valence-electron chi connectivity index (χ0n) is 9.40. The van der Waals surface area contributed by atoms with Crippen molar-refractivity contribution in [1.82, 2.24) is 5.43 Å². The Morgan fingerprint density at radius 3 is 2.80 bits per heavy atom. The van der Waals surface area contributed by atoms with Crippen LogP contribution >= 0.6 is 11.3 Å². The zero-order valence-corrected chi connectivity index (χ0v) is 10.2. The van der Waals surface area contributed by atoms with Crippen LogP contribution in [0.4, 0.5) is 0 Å². The van der Waals surface area contributed by atoms with E-state index in [4.69, 9.17) is 10.6 Å². The maximum Gasteiger partial charge on any atom is 0.0741 e. The van der Waals surface area contributed by atoms with E-state index in [1.54, 1.807) is 11.3 Å². The summed E-state index contributed by atoms with van der Waals surface area (Å²) < 4.78 is 5.65. The Hall–Kier alpha value is -0.420. The van der Waals surface area contributed by atoms with Crippen LogP contribution in [-0.4, -0.2) is 18.8 Å². The molecule has 0 radical (unpaired) electrons. The van der Waals surface area contributed by atoms with E-state index in [9.17, 15) is 0 Å². The molecule has 0 saturated heterocycles. The molecule has 2 unspecified atom stereocenters. The molecule has 0 spiro atoms. The maximum atomic E-state index is 5.65. The summed E-state index contributed by atoms with van der Waals surface area (Å²) in [6.45, 7) is 4.87. The number of hydrazine groups is 1. The van der Waals surface area contributed by atoms with Crippen molar-refractivity contribution < 1.29 is 4.74 Å². The Kier molecular flexibility index (Phi) is 5.86. The van der Waals surface area contributed by atoms with Crippen LogP contribution in [0.3, 0.4) is 0 Å². The summed E-state index contributed by atoms with van der Waals surface area (Å²) in [7, 11) is 0. The van der Waals surface area contributed by atoms with Crippen LogP contribution in [0.15, 0.2) is 16.8 Å². The second kappa shape index (κ2) is 6.95. The van der Waals surface area contributed by atoms with Crippen LogP contribution in [0.2, 0.25) is 0 Å². The Bertz CT molecular complexity index is 251. The molecule has 3 N–H and O–H groups in total. The van der Waals surface area contributed by atoms with Crippen LogP contribution in [-0.2, 0) is 11.2 Å². The molecular formula is C11H20N2OS. The normalized spacial score (nSPS) is 15.1. The number of hydrogen-bond acceptors (Lipinski definition) is 4. The number of nitrogens with two attached hydrogens (primary N) is 1. The molecule has 3 nitrogen and oxygen atoms in total. The molecule has 0 saturated carbocycles. The standard InChI is InChI=1S/C11H20N2OS/c1-3-11(14-4-2)10(13-12)7-9-5-6-15-8-9/h5-6,8,10-11,13H,3-4,7,12H2,1-2H3. The molecule has 0 aromatic carbocycles. The van der Waals surface area contributed by atoms with Crippen molar-refractivity contribution in [3.63, 3.8) is 0 Å². The molecule has 0 aliphatic rings. The van der Waals surface area contributed by atoms with Gasteiger partial charge in [-0.15, -0.1) is 0 Å². The molecule has 1 aromatic heterocycles. The largest absolute Gasteiger partial charge is 0.377 e. The molecule has 15 heavy (non-hydrogen) atoms. The average Bonchev–Trinajstić information content (AvgIpc) is 2.75. The van der Waals surface area contributed by atoms with Crippen LogP contribution in [0, 0.1) is 0 Å². The first-order chi connectivity index (χ1) is 7.31. The van der Waals surface area contributed by atoms with Gasteiger partial charge in [-0.1, -0.05) is 6.92 Å². The summed E-state index contributed by atoms with van der Waals surface area (Å²) in [5.41, 5.74) is 4.18. The molecule has 0 aliphatic carbocycles. The van der Waals surface area contributed by atoms with Crippen molar-refractivity contribution in [2.24, 2.45) is 5.84 Å². The van der Waals surface area contributed by atoms with E-state index in [0.29, 0.717) is 0 Å². The van der Waals surface area contributed by atoms with E-state index >= 15 is 0 Å². The molecule has 0 bridgehead atoms. The van der Waals surface area contributed by atoms with E-state index in [1.807, 2.05) is 6.92 Å². The highest BCUT2D eigenvalue weighted by Crippen LogP contribution is 2.13. The maximum absolute atomic E-state index is 5.65. The van der Waals surface area contributed by atoms with Gasteiger partial charge in [-0.3, -0.25) is 11.3 Å².